The quantitative estimate of drug-likeness (QED) is 0.728. The monoisotopic (exact) mass is 191 g/mol. The molecule has 2 rings (SSSR count). The summed E-state index contributed by atoms with van der Waals surface area (Å²) in [6, 6.07) is 10.2. The zero-order chi connectivity index (χ0) is 9.10. The molecule has 3 nitrogen and oxygen atoms in total. The summed E-state index contributed by atoms with van der Waals surface area (Å²) in [5, 5.41) is 7.71. The van der Waals surface area contributed by atoms with Gasteiger partial charge in [-0.1, -0.05) is 18.2 Å². The largest absolute Gasteiger partial charge is 0.254 e. The second-order valence-electron chi connectivity index (χ2n) is 2.61. The molecule has 1 aromatic heterocycles. The molecule has 2 aromatic rings. The van der Waals surface area contributed by atoms with E-state index in [-0.39, 0.29) is 0 Å². The van der Waals surface area contributed by atoms with Gasteiger partial charge in [-0.05, 0) is 31.0 Å². The van der Waals surface area contributed by atoms with Gasteiger partial charge in [-0.2, -0.15) is 0 Å². The minimum Gasteiger partial charge on any atom is -0.254 e. The smallest absolute Gasteiger partial charge is 0.140 e. The average Bonchev–Trinajstić information content (AvgIpc) is 2.54. The number of benzene rings is 1. The van der Waals surface area contributed by atoms with Crippen molar-refractivity contribution >= 4 is 11.9 Å². The topological polar surface area (TPSA) is 30.7 Å². The molecule has 0 aliphatic rings. The predicted octanol–water partition coefficient (Wildman–Crippen LogP) is 2.14. The van der Waals surface area contributed by atoms with E-state index < -0.39 is 0 Å². The van der Waals surface area contributed by atoms with Crippen LogP contribution in [0.25, 0.3) is 0 Å². The summed E-state index contributed by atoms with van der Waals surface area (Å²) < 4.78 is 1.94. The molecule has 0 unspecified atom stereocenters. The minimum absolute atomic E-state index is 0.911. The Kier molecular flexibility index (Phi) is 2.31. The first-order valence-corrected chi connectivity index (χ1v) is 4.73. The fraction of sp³-hybridized carbons (Fsp3) is 0.111. The van der Waals surface area contributed by atoms with Gasteiger partial charge in [-0.25, -0.2) is 0 Å². The van der Waals surface area contributed by atoms with Crippen LogP contribution in [0.3, 0.4) is 0 Å². The van der Waals surface area contributed by atoms with Crippen molar-refractivity contribution in [2.24, 2.45) is 0 Å². The Hall–Kier alpha value is -1.29. The fourth-order valence-electron chi connectivity index (χ4n) is 0.968. The van der Waals surface area contributed by atoms with Gasteiger partial charge in [0, 0.05) is 4.90 Å². The first-order valence-electron chi connectivity index (χ1n) is 3.96. The first-order chi connectivity index (χ1) is 6.36. The van der Waals surface area contributed by atoms with E-state index in [4.69, 9.17) is 0 Å². The molecule has 0 aliphatic carbocycles. The number of aryl methyl sites for hydroxylation is 1. The first kappa shape index (κ1) is 8.31. The number of nitrogens with zero attached hydrogens (tertiary/aromatic N) is 3. The summed E-state index contributed by atoms with van der Waals surface area (Å²) in [6.45, 7) is 1.93. The van der Waals surface area contributed by atoms with E-state index in [0.29, 0.717) is 0 Å². The van der Waals surface area contributed by atoms with E-state index in [9.17, 15) is 0 Å². The lowest BCUT2D eigenvalue weighted by atomic mass is 10.4. The molecule has 0 spiro atoms. The Morgan fingerprint density at radius 2 is 2.00 bits per heavy atom. The Morgan fingerprint density at radius 3 is 2.62 bits per heavy atom. The maximum atomic E-state index is 3.90. The molecule has 1 aromatic carbocycles. The van der Waals surface area contributed by atoms with E-state index in [1.165, 1.54) is 4.90 Å². The molecule has 0 atom stereocenters. The van der Waals surface area contributed by atoms with Crippen LogP contribution in [0, 0.1) is 6.92 Å². The minimum atomic E-state index is 0.911. The molecule has 0 aliphatic heterocycles. The molecule has 0 saturated heterocycles. The van der Waals surface area contributed by atoms with Gasteiger partial charge < -0.3 is 0 Å². The Bertz CT molecular complexity index is 383. The molecular formula is C9H9N3S. The summed E-state index contributed by atoms with van der Waals surface area (Å²) in [4.78, 5) is 1.19. The van der Waals surface area contributed by atoms with E-state index in [1.54, 1.807) is 18.3 Å². The zero-order valence-electron chi connectivity index (χ0n) is 7.21. The van der Waals surface area contributed by atoms with Crippen LogP contribution in [0.1, 0.15) is 5.82 Å². The van der Waals surface area contributed by atoms with Gasteiger partial charge in [0.1, 0.15) is 12.2 Å². The highest BCUT2D eigenvalue weighted by Gasteiger charge is 1.99. The molecule has 0 amide bonds. The second-order valence-corrected chi connectivity index (χ2v) is 3.66. The summed E-state index contributed by atoms with van der Waals surface area (Å²) in [7, 11) is 0. The van der Waals surface area contributed by atoms with E-state index >= 15 is 0 Å². The number of aromatic nitrogens is 3. The summed E-state index contributed by atoms with van der Waals surface area (Å²) in [5.74, 6) is 0.911. The van der Waals surface area contributed by atoms with Crippen molar-refractivity contribution in [2.75, 3.05) is 0 Å². The van der Waals surface area contributed by atoms with Gasteiger partial charge in [-0.3, -0.25) is 3.97 Å². The lowest BCUT2D eigenvalue weighted by Gasteiger charge is -2.00. The van der Waals surface area contributed by atoms with Gasteiger partial charge in [0.25, 0.3) is 0 Å². The number of rotatable bonds is 2. The summed E-state index contributed by atoms with van der Waals surface area (Å²) in [5.41, 5.74) is 0. The molecule has 0 saturated carbocycles. The van der Waals surface area contributed by atoms with Crippen molar-refractivity contribution in [3.63, 3.8) is 0 Å². The lowest BCUT2D eigenvalue weighted by molar-refractivity contribution is 1.03. The molecule has 0 bridgehead atoms. The molecule has 13 heavy (non-hydrogen) atoms. The molecule has 66 valence electrons. The van der Waals surface area contributed by atoms with Crippen LogP contribution in [0.4, 0.5) is 0 Å². The number of hydrogen-bond acceptors (Lipinski definition) is 3. The maximum absolute atomic E-state index is 3.90. The van der Waals surface area contributed by atoms with Gasteiger partial charge in [0.2, 0.25) is 0 Å². The van der Waals surface area contributed by atoms with E-state index in [2.05, 4.69) is 22.3 Å². The molecular weight excluding hydrogens is 182 g/mol. The molecule has 0 fully saturated rings. The van der Waals surface area contributed by atoms with Gasteiger partial charge in [0.05, 0.1) is 0 Å². The van der Waals surface area contributed by atoms with Crippen LogP contribution in [-0.2, 0) is 0 Å². The van der Waals surface area contributed by atoms with Crippen molar-refractivity contribution in [2.45, 2.75) is 11.8 Å². The Morgan fingerprint density at radius 1 is 1.23 bits per heavy atom. The Balaban J connectivity index is 2.20. The highest BCUT2D eigenvalue weighted by atomic mass is 32.2. The Labute approximate surface area is 80.9 Å². The highest BCUT2D eigenvalue weighted by molar-refractivity contribution is 7.97. The van der Waals surface area contributed by atoms with Crippen LogP contribution in [-0.4, -0.2) is 14.2 Å². The normalized spacial score (nSPS) is 10.2. The highest BCUT2D eigenvalue weighted by Crippen LogP contribution is 2.19. The average molecular weight is 191 g/mol. The van der Waals surface area contributed by atoms with Crippen LogP contribution in [0.15, 0.2) is 41.6 Å². The van der Waals surface area contributed by atoms with E-state index in [0.717, 1.165) is 5.82 Å². The third-order valence-corrected chi connectivity index (χ3v) is 2.66. The van der Waals surface area contributed by atoms with Gasteiger partial charge in [0.15, 0.2) is 0 Å². The van der Waals surface area contributed by atoms with Crippen molar-refractivity contribution in [3.05, 3.63) is 42.5 Å². The molecule has 0 radical (unpaired) electrons. The van der Waals surface area contributed by atoms with Crippen LogP contribution >= 0.6 is 11.9 Å². The lowest BCUT2D eigenvalue weighted by Crippen LogP contribution is -1.87. The standard InChI is InChI=1S/C9H9N3S/c1-8-11-10-7-12(8)13-9-5-3-2-4-6-9/h2-7H,1H3. The third kappa shape index (κ3) is 1.89. The van der Waals surface area contributed by atoms with Crippen molar-refractivity contribution < 1.29 is 0 Å². The van der Waals surface area contributed by atoms with Crippen molar-refractivity contribution in [3.8, 4) is 0 Å². The fourth-order valence-corrected chi connectivity index (χ4v) is 1.73. The summed E-state index contributed by atoms with van der Waals surface area (Å²) in [6.07, 6.45) is 1.72. The van der Waals surface area contributed by atoms with Crippen LogP contribution < -0.4 is 0 Å². The van der Waals surface area contributed by atoms with Gasteiger partial charge >= 0.3 is 0 Å². The predicted molar refractivity (Wildman–Crippen MR) is 52.5 cm³/mol. The number of hydrogen-bond donors (Lipinski definition) is 0. The van der Waals surface area contributed by atoms with Crippen molar-refractivity contribution in [1.29, 1.82) is 0 Å². The second kappa shape index (κ2) is 3.62. The SMILES string of the molecule is Cc1nncn1Sc1ccccc1. The molecule has 0 N–H and O–H groups in total. The van der Waals surface area contributed by atoms with Gasteiger partial charge in [-0.15, -0.1) is 10.2 Å². The molecule has 1 heterocycles. The van der Waals surface area contributed by atoms with Crippen molar-refractivity contribution in [1.82, 2.24) is 14.2 Å². The molecule has 4 heteroatoms. The third-order valence-electron chi connectivity index (χ3n) is 1.62. The van der Waals surface area contributed by atoms with Crippen LogP contribution in [0.5, 0.6) is 0 Å². The maximum Gasteiger partial charge on any atom is 0.140 e. The summed E-state index contributed by atoms with van der Waals surface area (Å²) >= 11 is 1.61. The van der Waals surface area contributed by atoms with Crippen LogP contribution in [0.2, 0.25) is 0 Å². The van der Waals surface area contributed by atoms with E-state index in [1.807, 2.05) is 29.1 Å². The zero-order valence-corrected chi connectivity index (χ0v) is 8.03.